The molecule has 0 aliphatic rings. The number of hydrogen-bond acceptors (Lipinski definition) is 2. The standard InChI is InChI=1S/C18H21BrO2/c1-4-20-15-9-7-14(8-10-15)18(19)16-12-13(3)6-11-17(16)21-5-2/h6-12,18H,4-5H2,1-3H3. The van der Waals surface area contributed by atoms with Crippen molar-refractivity contribution in [3.63, 3.8) is 0 Å². The molecule has 21 heavy (non-hydrogen) atoms. The molecule has 0 spiro atoms. The number of alkyl halides is 1. The molecule has 1 atom stereocenters. The van der Waals surface area contributed by atoms with Crippen molar-refractivity contribution in [2.45, 2.75) is 25.6 Å². The van der Waals surface area contributed by atoms with Gasteiger partial charge in [-0.05, 0) is 44.5 Å². The zero-order valence-electron chi connectivity index (χ0n) is 12.7. The number of ether oxygens (including phenoxy) is 2. The van der Waals surface area contributed by atoms with Gasteiger partial charge in [-0.2, -0.15) is 0 Å². The lowest BCUT2D eigenvalue weighted by molar-refractivity contribution is 0.337. The third kappa shape index (κ3) is 4.01. The van der Waals surface area contributed by atoms with Gasteiger partial charge in [0.25, 0.3) is 0 Å². The van der Waals surface area contributed by atoms with Crippen molar-refractivity contribution in [2.75, 3.05) is 13.2 Å². The van der Waals surface area contributed by atoms with Gasteiger partial charge in [-0.25, -0.2) is 0 Å². The number of aryl methyl sites for hydroxylation is 1. The lowest BCUT2D eigenvalue weighted by Gasteiger charge is -2.17. The number of halogens is 1. The van der Waals surface area contributed by atoms with Crippen LogP contribution in [0.15, 0.2) is 42.5 Å². The summed E-state index contributed by atoms with van der Waals surface area (Å²) in [6.07, 6.45) is 0. The first kappa shape index (κ1) is 15.9. The van der Waals surface area contributed by atoms with Gasteiger partial charge in [-0.15, -0.1) is 0 Å². The largest absolute Gasteiger partial charge is 0.494 e. The predicted molar refractivity (Wildman–Crippen MR) is 90.7 cm³/mol. The first-order valence-corrected chi connectivity index (χ1v) is 8.17. The van der Waals surface area contributed by atoms with Gasteiger partial charge in [0.1, 0.15) is 11.5 Å². The van der Waals surface area contributed by atoms with E-state index in [0.29, 0.717) is 13.2 Å². The SMILES string of the molecule is CCOc1ccc(C(Br)c2cc(C)ccc2OCC)cc1. The molecular weight excluding hydrogens is 328 g/mol. The molecule has 0 saturated heterocycles. The Morgan fingerprint density at radius 3 is 2.24 bits per heavy atom. The lowest BCUT2D eigenvalue weighted by atomic mass is 10.0. The monoisotopic (exact) mass is 348 g/mol. The zero-order chi connectivity index (χ0) is 15.2. The summed E-state index contributed by atoms with van der Waals surface area (Å²) in [5, 5.41) is 0. The highest BCUT2D eigenvalue weighted by atomic mass is 79.9. The maximum atomic E-state index is 5.74. The first-order valence-electron chi connectivity index (χ1n) is 7.25. The minimum atomic E-state index is 0.106. The van der Waals surface area contributed by atoms with E-state index < -0.39 is 0 Å². The Labute approximate surface area is 135 Å². The summed E-state index contributed by atoms with van der Waals surface area (Å²) in [5.41, 5.74) is 3.56. The summed E-state index contributed by atoms with van der Waals surface area (Å²) in [4.78, 5) is 0.106. The van der Waals surface area contributed by atoms with Crippen molar-refractivity contribution in [3.8, 4) is 11.5 Å². The van der Waals surface area contributed by atoms with Crippen LogP contribution in [0.5, 0.6) is 11.5 Å². The summed E-state index contributed by atoms with van der Waals surface area (Å²) in [6, 6.07) is 14.5. The molecular formula is C18H21BrO2. The van der Waals surface area contributed by atoms with Crippen LogP contribution in [0.4, 0.5) is 0 Å². The van der Waals surface area contributed by atoms with Gasteiger partial charge in [0.2, 0.25) is 0 Å². The fraction of sp³-hybridized carbons (Fsp3) is 0.333. The summed E-state index contributed by atoms with van der Waals surface area (Å²) in [5.74, 6) is 1.83. The maximum absolute atomic E-state index is 5.74. The van der Waals surface area contributed by atoms with Crippen molar-refractivity contribution < 1.29 is 9.47 Å². The minimum absolute atomic E-state index is 0.106. The zero-order valence-corrected chi connectivity index (χ0v) is 14.3. The highest BCUT2D eigenvalue weighted by Gasteiger charge is 2.15. The van der Waals surface area contributed by atoms with Gasteiger partial charge < -0.3 is 9.47 Å². The lowest BCUT2D eigenvalue weighted by Crippen LogP contribution is -2.01. The summed E-state index contributed by atoms with van der Waals surface area (Å²) < 4.78 is 11.2. The Bertz CT molecular complexity index is 578. The molecule has 2 aromatic carbocycles. The van der Waals surface area contributed by atoms with Crippen molar-refractivity contribution in [2.24, 2.45) is 0 Å². The van der Waals surface area contributed by atoms with Crippen LogP contribution in [-0.2, 0) is 0 Å². The van der Waals surface area contributed by atoms with Crippen LogP contribution in [0.3, 0.4) is 0 Å². The Kier molecular flexibility index (Phi) is 5.68. The summed E-state index contributed by atoms with van der Waals surface area (Å²) in [7, 11) is 0. The topological polar surface area (TPSA) is 18.5 Å². The molecule has 0 bridgehead atoms. The van der Waals surface area contributed by atoms with Gasteiger partial charge in [-0.1, -0.05) is 45.8 Å². The van der Waals surface area contributed by atoms with Gasteiger partial charge in [0, 0.05) is 5.56 Å². The fourth-order valence-electron chi connectivity index (χ4n) is 2.23. The molecule has 0 aliphatic carbocycles. The molecule has 2 aromatic rings. The molecule has 0 amide bonds. The van der Waals surface area contributed by atoms with E-state index in [0.717, 1.165) is 17.1 Å². The second kappa shape index (κ2) is 7.51. The van der Waals surface area contributed by atoms with E-state index in [1.165, 1.54) is 11.1 Å². The molecule has 0 aromatic heterocycles. The van der Waals surface area contributed by atoms with E-state index >= 15 is 0 Å². The van der Waals surface area contributed by atoms with E-state index in [4.69, 9.17) is 9.47 Å². The molecule has 0 N–H and O–H groups in total. The van der Waals surface area contributed by atoms with E-state index in [1.54, 1.807) is 0 Å². The molecule has 0 heterocycles. The molecule has 0 radical (unpaired) electrons. The highest BCUT2D eigenvalue weighted by Crippen LogP contribution is 2.37. The average molecular weight is 349 g/mol. The Morgan fingerprint density at radius 2 is 1.62 bits per heavy atom. The van der Waals surface area contributed by atoms with E-state index in [9.17, 15) is 0 Å². The first-order chi connectivity index (χ1) is 10.2. The Morgan fingerprint density at radius 1 is 0.952 bits per heavy atom. The van der Waals surface area contributed by atoms with Crippen LogP contribution in [0.25, 0.3) is 0 Å². The third-order valence-corrected chi connectivity index (χ3v) is 4.24. The van der Waals surface area contributed by atoms with E-state index in [2.05, 4.69) is 47.1 Å². The van der Waals surface area contributed by atoms with Crippen molar-refractivity contribution >= 4 is 15.9 Å². The molecule has 112 valence electrons. The molecule has 3 heteroatoms. The Balaban J connectivity index is 2.30. The van der Waals surface area contributed by atoms with Crippen molar-refractivity contribution in [1.29, 1.82) is 0 Å². The van der Waals surface area contributed by atoms with Gasteiger partial charge in [0.05, 0.1) is 18.0 Å². The van der Waals surface area contributed by atoms with Crippen LogP contribution in [0.2, 0.25) is 0 Å². The van der Waals surface area contributed by atoms with E-state index in [-0.39, 0.29) is 4.83 Å². The highest BCUT2D eigenvalue weighted by molar-refractivity contribution is 9.09. The van der Waals surface area contributed by atoms with E-state index in [1.807, 2.05) is 32.0 Å². The molecule has 0 aliphatic heterocycles. The fourth-order valence-corrected chi connectivity index (χ4v) is 2.90. The minimum Gasteiger partial charge on any atom is -0.494 e. The molecule has 0 fully saturated rings. The van der Waals surface area contributed by atoms with Gasteiger partial charge >= 0.3 is 0 Å². The molecule has 1 unspecified atom stereocenters. The number of benzene rings is 2. The van der Waals surface area contributed by atoms with Crippen LogP contribution in [0, 0.1) is 6.92 Å². The predicted octanol–water partition coefficient (Wildman–Crippen LogP) is 5.28. The number of hydrogen-bond donors (Lipinski definition) is 0. The third-order valence-electron chi connectivity index (χ3n) is 3.22. The maximum Gasteiger partial charge on any atom is 0.123 e. The van der Waals surface area contributed by atoms with Crippen LogP contribution >= 0.6 is 15.9 Å². The van der Waals surface area contributed by atoms with Crippen LogP contribution in [0.1, 0.15) is 35.4 Å². The molecule has 0 saturated carbocycles. The average Bonchev–Trinajstić information content (AvgIpc) is 2.50. The van der Waals surface area contributed by atoms with Crippen LogP contribution < -0.4 is 9.47 Å². The van der Waals surface area contributed by atoms with Gasteiger partial charge in [-0.3, -0.25) is 0 Å². The molecule has 2 rings (SSSR count). The van der Waals surface area contributed by atoms with Gasteiger partial charge in [0.15, 0.2) is 0 Å². The summed E-state index contributed by atoms with van der Waals surface area (Å²) in [6.45, 7) is 7.44. The van der Waals surface area contributed by atoms with Crippen molar-refractivity contribution in [1.82, 2.24) is 0 Å². The van der Waals surface area contributed by atoms with Crippen LogP contribution in [-0.4, -0.2) is 13.2 Å². The second-order valence-electron chi connectivity index (χ2n) is 4.84. The second-order valence-corrected chi connectivity index (χ2v) is 5.75. The molecule has 2 nitrogen and oxygen atoms in total. The Hall–Kier alpha value is -1.48. The normalized spacial score (nSPS) is 12.0. The quantitative estimate of drug-likeness (QED) is 0.661. The smallest absolute Gasteiger partial charge is 0.123 e. The van der Waals surface area contributed by atoms with Crippen molar-refractivity contribution in [3.05, 3.63) is 59.2 Å². The number of rotatable bonds is 6. The summed E-state index contributed by atoms with van der Waals surface area (Å²) >= 11 is 3.79.